The number of rotatable bonds is 2. The van der Waals surface area contributed by atoms with Crippen molar-refractivity contribution in [3.8, 4) is 0 Å². The second-order valence-corrected chi connectivity index (χ2v) is 1.60. The van der Waals surface area contributed by atoms with E-state index in [9.17, 15) is 0 Å². The maximum atomic E-state index is 7.50. The van der Waals surface area contributed by atoms with Gasteiger partial charge in [0.1, 0.15) is 6.61 Å². The van der Waals surface area contributed by atoms with E-state index in [2.05, 4.69) is 44.6 Å². The molecule has 0 aromatic carbocycles. The first-order valence-corrected chi connectivity index (χ1v) is 3.24. The fourth-order valence-electron chi connectivity index (χ4n) is 0.368. The maximum Gasteiger partial charge on any atom is 0 e. The molecule has 0 bridgehead atoms. The smallest absolute Gasteiger partial charge is 0 e. The summed E-state index contributed by atoms with van der Waals surface area (Å²) in [5, 5.41) is 0. The second kappa shape index (κ2) is 78.4. The van der Waals surface area contributed by atoms with E-state index in [1.807, 2.05) is 0 Å². The molecular formula is C10H8MoO6. The monoisotopic (exact) mass is 322 g/mol. The van der Waals surface area contributed by atoms with E-state index in [1.165, 1.54) is 12.8 Å². The summed E-state index contributed by atoms with van der Waals surface area (Å²) in [6, 6.07) is 0. The predicted octanol–water partition coefficient (Wildman–Crippen LogP) is 0.892. The van der Waals surface area contributed by atoms with Crippen molar-refractivity contribution in [3.05, 3.63) is 39.9 Å². The minimum absolute atomic E-state index is 0. The Morgan fingerprint density at radius 2 is 1.06 bits per heavy atom. The van der Waals surface area contributed by atoms with Crippen molar-refractivity contribution in [1.82, 2.24) is 0 Å². The van der Waals surface area contributed by atoms with E-state index >= 15 is 0 Å². The van der Waals surface area contributed by atoms with E-state index in [-0.39, 0.29) is 21.1 Å². The van der Waals surface area contributed by atoms with Gasteiger partial charge in [-0.3, -0.25) is 0 Å². The van der Waals surface area contributed by atoms with Gasteiger partial charge in [-0.25, -0.2) is 0 Å². The Balaban J connectivity index is -0.0000000242. The molecule has 1 aliphatic carbocycles. The summed E-state index contributed by atoms with van der Waals surface area (Å²) in [4.78, 5) is 0. The van der Waals surface area contributed by atoms with Gasteiger partial charge in [-0.1, -0.05) is 0 Å². The molecule has 0 atom stereocenters. The summed E-state index contributed by atoms with van der Waals surface area (Å²) in [5.41, 5.74) is 0. The van der Waals surface area contributed by atoms with Crippen molar-refractivity contribution >= 4 is 0 Å². The largest absolute Gasteiger partial charge is 0 e. The molecule has 0 aromatic rings. The average molecular weight is 320 g/mol. The van der Waals surface area contributed by atoms with Gasteiger partial charge >= 0.3 is 56.5 Å². The van der Waals surface area contributed by atoms with Gasteiger partial charge in [0, 0.05) is 28.2 Å². The van der Waals surface area contributed by atoms with Crippen LogP contribution >= 0.6 is 0 Å². The number of hydrogen-bond donors (Lipinski definition) is 0. The molecule has 2 radical (unpaired) electrons. The van der Waals surface area contributed by atoms with Crippen LogP contribution < -0.4 is 0 Å². The Morgan fingerprint density at radius 3 is 1.12 bits per heavy atom. The number of ether oxygens (including phenoxy) is 1. The molecule has 1 rings (SSSR count). The van der Waals surface area contributed by atoms with Crippen LogP contribution in [0.15, 0.2) is 0 Å². The van der Waals surface area contributed by atoms with Crippen LogP contribution in [-0.2, 0) is 49.1 Å². The van der Waals surface area contributed by atoms with Crippen LogP contribution in [0.5, 0.6) is 0 Å². The Morgan fingerprint density at radius 1 is 0.824 bits per heavy atom. The van der Waals surface area contributed by atoms with Crippen LogP contribution in [0.1, 0.15) is 12.8 Å². The molecule has 0 unspecified atom stereocenters. The molecule has 0 aliphatic heterocycles. The van der Waals surface area contributed by atoms with E-state index in [1.54, 1.807) is 7.11 Å². The zero-order chi connectivity index (χ0) is 14.4. The van der Waals surface area contributed by atoms with Gasteiger partial charge in [-0.2, -0.15) is 0 Å². The third-order valence-electron chi connectivity index (χ3n) is 0.862. The molecule has 0 N–H and O–H groups in total. The first kappa shape index (κ1) is 36.0. The number of methoxy groups -OCH3 is 1. The van der Waals surface area contributed by atoms with Gasteiger partial charge in [0.15, 0.2) is 0 Å². The third kappa shape index (κ3) is 95.6. The minimum atomic E-state index is 0. The van der Waals surface area contributed by atoms with Crippen molar-refractivity contribution in [2.45, 2.75) is 12.8 Å². The van der Waals surface area contributed by atoms with Crippen LogP contribution in [-0.4, -0.2) is 7.11 Å². The standard InChI is InChI=1S/C5H8O.5CO.Mo/c1-6-4-5-2-3-5;5*1-2;/h5H,2-3H2,1H3;;;;;;. The molecule has 1 saturated carbocycles. The molecule has 0 saturated heterocycles. The topological polar surface area (TPSA) is 109 Å². The summed E-state index contributed by atoms with van der Waals surface area (Å²) in [6.07, 6.45) is 2.57. The van der Waals surface area contributed by atoms with E-state index in [0.29, 0.717) is 5.92 Å². The minimum Gasteiger partial charge on any atom is 0 e. The summed E-state index contributed by atoms with van der Waals surface area (Å²) < 4.78 is 42.1. The SMILES string of the molecule is CO[C]C1CC1.[C-]#[O+].[C-]#[O+].[C-]#[O+].[C-]#[O+].[C-]#[O+].[Mo]. The fraction of sp³-hybridized carbons (Fsp3) is 0.400. The van der Waals surface area contributed by atoms with Crippen LogP contribution in [0.4, 0.5) is 0 Å². The van der Waals surface area contributed by atoms with Gasteiger partial charge in [-0.05, 0) is 18.8 Å². The zero-order valence-corrected chi connectivity index (χ0v) is 10.9. The van der Waals surface area contributed by atoms with Crippen LogP contribution in [0.3, 0.4) is 0 Å². The Kier molecular flexibility index (Phi) is 166. The molecule has 7 heteroatoms. The van der Waals surface area contributed by atoms with Gasteiger partial charge in [0.05, 0.1) is 0 Å². The molecule has 0 amide bonds. The summed E-state index contributed by atoms with van der Waals surface area (Å²) >= 11 is 0. The van der Waals surface area contributed by atoms with Gasteiger partial charge in [-0.15, -0.1) is 0 Å². The van der Waals surface area contributed by atoms with Crippen LogP contribution in [0.25, 0.3) is 0 Å². The van der Waals surface area contributed by atoms with E-state index < -0.39 is 0 Å². The van der Waals surface area contributed by atoms with Crippen LogP contribution in [0, 0.1) is 45.8 Å². The van der Waals surface area contributed by atoms with E-state index in [4.69, 9.17) is 23.3 Å². The molecule has 90 valence electrons. The van der Waals surface area contributed by atoms with Crippen molar-refractivity contribution in [2.75, 3.05) is 7.11 Å². The molecular weight excluding hydrogens is 312 g/mol. The Hall–Kier alpha value is -0.652. The van der Waals surface area contributed by atoms with Crippen molar-refractivity contribution in [2.24, 2.45) is 5.92 Å². The molecule has 1 aliphatic rings. The molecule has 0 spiro atoms. The molecule has 0 aromatic heterocycles. The molecule has 6 nitrogen and oxygen atoms in total. The third-order valence-corrected chi connectivity index (χ3v) is 0.862. The zero-order valence-electron chi connectivity index (χ0n) is 8.85. The van der Waals surface area contributed by atoms with E-state index in [0.717, 1.165) is 0 Å². The molecule has 0 heterocycles. The fourth-order valence-corrected chi connectivity index (χ4v) is 0.368. The first-order chi connectivity index (χ1) is 7.93. The first-order valence-electron chi connectivity index (χ1n) is 3.24. The normalized spacial score (nSPS) is 8.18. The summed E-state index contributed by atoms with van der Waals surface area (Å²) in [7, 11) is 1.65. The van der Waals surface area contributed by atoms with Crippen molar-refractivity contribution in [3.63, 3.8) is 0 Å². The second-order valence-electron chi connectivity index (χ2n) is 1.60. The maximum absolute atomic E-state index is 7.50. The summed E-state index contributed by atoms with van der Waals surface area (Å²) in [6.45, 7) is 25.3. The quantitative estimate of drug-likeness (QED) is 0.420. The van der Waals surface area contributed by atoms with Crippen LogP contribution in [0.2, 0.25) is 0 Å². The van der Waals surface area contributed by atoms with Gasteiger partial charge in [0.2, 0.25) is 0 Å². The predicted molar refractivity (Wildman–Crippen MR) is 42.6 cm³/mol. The van der Waals surface area contributed by atoms with Gasteiger partial charge < -0.3 is 4.74 Å². The van der Waals surface area contributed by atoms with Gasteiger partial charge in [0.25, 0.3) is 0 Å². The molecule has 17 heavy (non-hydrogen) atoms. The van der Waals surface area contributed by atoms with Crippen molar-refractivity contribution < 1.29 is 49.1 Å². The van der Waals surface area contributed by atoms with Crippen molar-refractivity contribution in [1.29, 1.82) is 0 Å². The Labute approximate surface area is 115 Å². The molecule has 1 fully saturated rings. The number of hydrogen-bond acceptors (Lipinski definition) is 1. The Bertz CT molecular complexity index is 154. The summed E-state index contributed by atoms with van der Waals surface area (Å²) in [5.74, 6) is 0.676. The average Bonchev–Trinajstić information content (AvgIpc) is 3.26.